The highest BCUT2D eigenvalue weighted by Gasteiger charge is 2.42. The average molecular weight is 297 g/mol. The molecule has 1 aliphatic rings. The van der Waals surface area contributed by atoms with Gasteiger partial charge in [0.1, 0.15) is 6.10 Å². The van der Waals surface area contributed by atoms with Crippen molar-refractivity contribution in [3.05, 3.63) is 0 Å². The van der Waals surface area contributed by atoms with Crippen LogP contribution in [0, 0.1) is 0 Å². The van der Waals surface area contributed by atoms with Gasteiger partial charge in [-0.2, -0.15) is 0 Å². The van der Waals surface area contributed by atoms with Crippen molar-refractivity contribution in [2.45, 2.75) is 48.2 Å². The Hall–Kier alpha value is 0.320. The Morgan fingerprint density at radius 3 is 2.62 bits per heavy atom. The van der Waals surface area contributed by atoms with Gasteiger partial charge in [-0.1, -0.05) is 29.5 Å². The molecule has 0 amide bonds. The third kappa shape index (κ3) is 3.18. The maximum Gasteiger partial charge on any atom is 0.162 e. The van der Waals surface area contributed by atoms with E-state index in [1.54, 1.807) is 6.92 Å². The number of aliphatic hydroxyl groups is 1. The van der Waals surface area contributed by atoms with Crippen LogP contribution >= 0.6 is 22.6 Å². The summed E-state index contributed by atoms with van der Waals surface area (Å²) in [6, 6.07) is -0.383. The van der Waals surface area contributed by atoms with E-state index in [1.807, 2.05) is 0 Å². The van der Waals surface area contributed by atoms with Gasteiger partial charge in [-0.15, -0.1) is 0 Å². The molecule has 4 heteroatoms. The maximum absolute atomic E-state index is 11.1. The van der Waals surface area contributed by atoms with Crippen LogP contribution in [0.15, 0.2) is 0 Å². The molecule has 2 atom stereocenters. The molecule has 0 heterocycles. The number of rotatable bonds is 5. The number of hydrogen-bond donors (Lipinski definition) is 2. The number of aliphatic hydroxyl groups excluding tert-OH is 1. The number of carbonyl (C=O) groups is 1. The number of ketones is 1. The highest BCUT2D eigenvalue weighted by atomic mass is 127. The summed E-state index contributed by atoms with van der Waals surface area (Å²) in [5.41, 5.74) is 5.74. The maximum atomic E-state index is 11.1. The Labute approximate surface area is 92.2 Å². The lowest BCUT2D eigenvalue weighted by Crippen LogP contribution is -2.42. The van der Waals surface area contributed by atoms with E-state index in [2.05, 4.69) is 22.6 Å². The van der Waals surface area contributed by atoms with Crippen LogP contribution in [-0.4, -0.2) is 26.5 Å². The monoisotopic (exact) mass is 297 g/mol. The number of hydrogen-bond acceptors (Lipinski definition) is 3. The number of alkyl halides is 1. The van der Waals surface area contributed by atoms with Crippen molar-refractivity contribution in [1.29, 1.82) is 0 Å². The minimum Gasteiger partial charge on any atom is -0.384 e. The Bertz CT molecular complexity index is 204. The first-order valence-electron chi connectivity index (χ1n) is 4.64. The van der Waals surface area contributed by atoms with Crippen LogP contribution in [0.4, 0.5) is 0 Å². The van der Waals surface area contributed by atoms with E-state index in [-0.39, 0.29) is 15.2 Å². The molecule has 1 fully saturated rings. The lowest BCUT2D eigenvalue weighted by atomic mass is 10.0. The van der Waals surface area contributed by atoms with Crippen molar-refractivity contribution in [3.8, 4) is 0 Å². The molecular weight excluding hydrogens is 281 g/mol. The Morgan fingerprint density at radius 1 is 1.69 bits per heavy atom. The highest BCUT2D eigenvalue weighted by Crippen LogP contribution is 2.48. The van der Waals surface area contributed by atoms with Crippen LogP contribution < -0.4 is 5.73 Å². The van der Waals surface area contributed by atoms with Crippen molar-refractivity contribution in [1.82, 2.24) is 0 Å². The molecule has 3 nitrogen and oxygen atoms in total. The van der Waals surface area contributed by atoms with Gasteiger partial charge in [0.25, 0.3) is 0 Å². The normalized spacial score (nSPS) is 23.7. The topological polar surface area (TPSA) is 63.3 Å². The van der Waals surface area contributed by atoms with E-state index in [4.69, 9.17) is 5.73 Å². The number of nitrogens with two attached hydrogens (primary N) is 1. The van der Waals surface area contributed by atoms with Crippen molar-refractivity contribution in [2.75, 3.05) is 0 Å². The molecule has 3 N–H and O–H groups in total. The van der Waals surface area contributed by atoms with Crippen LogP contribution in [0.5, 0.6) is 0 Å². The van der Waals surface area contributed by atoms with Gasteiger partial charge >= 0.3 is 0 Å². The van der Waals surface area contributed by atoms with Gasteiger partial charge in [0.05, 0.1) is 0 Å². The number of carbonyl (C=O) groups excluding carboxylic acids is 1. The third-order valence-electron chi connectivity index (χ3n) is 2.48. The standard InChI is InChI=1S/C9H16INO2/c1-2-7(12)8(13)6(11)5-9(10)3-4-9/h6,8,13H,2-5,11H2,1H3/t6-,8?/m0/s1. The van der Waals surface area contributed by atoms with E-state index < -0.39 is 6.10 Å². The Kier molecular flexibility index (Phi) is 3.71. The first-order chi connectivity index (χ1) is 5.98. The lowest BCUT2D eigenvalue weighted by molar-refractivity contribution is -0.127. The summed E-state index contributed by atoms with van der Waals surface area (Å²) in [6.45, 7) is 1.75. The Balaban J connectivity index is 2.37. The lowest BCUT2D eigenvalue weighted by Gasteiger charge is -2.19. The van der Waals surface area contributed by atoms with Gasteiger partial charge in [-0.05, 0) is 19.3 Å². The van der Waals surface area contributed by atoms with E-state index in [9.17, 15) is 9.90 Å². The predicted molar refractivity (Wildman–Crippen MR) is 59.9 cm³/mol. The quantitative estimate of drug-likeness (QED) is 0.588. The number of Topliss-reactive ketones (excluding diaryl/α,β-unsaturated/α-hetero) is 1. The third-order valence-corrected chi connectivity index (χ3v) is 4.00. The molecule has 76 valence electrons. The van der Waals surface area contributed by atoms with Gasteiger partial charge in [0, 0.05) is 15.9 Å². The molecule has 1 aliphatic carbocycles. The smallest absolute Gasteiger partial charge is 0.162 e. The summed E-state index contributed by atoms with van der Waals surface area (Å²) in [7, 11) is 0. The first kappa shape index (κ1) is 11.4. The fraction of sp³-hybridized carbons (Fsp3) is 0.889. The summed E-state index contributed by atoms with van der Waals surface area (Å²) in [6.07, 6.45) is 2.48. The molecule has 0 saturated heterocycles. The van der Waals surface area contributed by atoms with Gasteiger partial charge in [-0.3, -0.25) is 4.79 Å². The summed E-state index contributed by atoms with van der Waals surface area (Å²) in [5, 5.41) is 9.50. The SMILES string of the molecule is CCC(=O)C(O)[C@@H](N)CC1(I)CC1. The van der Waals surface area contributed by atoms with Crippen LogP contribution in [-0.2, 0) is 4.79 Å². The molecule has 0 aromatic rings. The summed E-state index contributed by atoms with van der Waals surface area (Å²) in [5.74, 6) is -0.145. The zero-order chi connectivity index (χ0) is 10.1. The fourth-order valence-electron chi connectivity index (χ4n) is 1.32. The second-order valence-electron chi connectivity index (χ2n) is 3.78. The largest absolute Gasteiger partial charge is 0.384 e. The average Bonchev–Trinajstić information content (AvgIpc) is 2.80. The molecule has 13 heavy (non-hydrogen) atoms. The molecule has 0 aromatic heterocycles. The van der Waals surface area contributed by atoms with Crippen molar-refractivity contribution in [2.24, 2.45) is 5.73 Å². The fourth-order valence-corrected chi connectivity index (χ4v) is 2.10. The molecule has 0 spiro atoms. The van der Waals surface area contributed by atoms with Crippen molar-refractivity contribution < 1.29 is 9.90 Å². The van der Waals surface area contributed by atoms with Crippen molar-refractivity contribution in [3.63, 3.8) is 0 Å². The number of halogens is 1. The molecule has 0 aromatic carbocycles. The molecular formula is C9H16INO2. The summed E-state index contributed by atoms with van der Waals surface area (Å²) >= 11 is 2.37. The molecule has 1 unspecified atom stereocenters. The van der Waals surface area contributed by atoms with Gasteiger partial charge in [-0.25, -0.2) is 0 Å². The molecule has 0 aliphatic heterocycles. The van der Waals surface area contributed by atoms with Crippen LogP contribution in [0.3, 0.4) is 0 Å². The second-order valence-corrected chi connectivity index (χ2v) is 6.07. The Morgan fingerprint density at radius 2 is 2.23 bits per heavy atom. The zero-order valence-electron chi connectivity index (χ0n) is 7.79. The highest BCUT2D eigenvalue weighted by molar-refractivity contribution is 14.1. The van der Waals surface area contributed by atoms with E-state index in [0.29, 0.717) is 6.42 Å². The summed E-state index contributed by atoms with van der Waals surface area (Å²) in [4.78, 5) is 11.1. The van der Waals surface area contributed by atoms with Gasteiger partial charge in [0.2, 0.25) is 0 Å². The second kappa shape index (κ2) is 4.23. The first-order valence-corrected chi connectivity index (χ1v) is 5.71. The molecule has 1 rings (SSSR count). The molecule has 0 bridgehead atoms. The van der Waals surface area contributed by atoms with Gasteiger partial charge in [0.15, 0.2) is 5.78 Å². The van der Waals surface area contributed by atoms with E-state index in [1.165, 1.54) is 0 Å². The minimum atomic E-state index is -0.961. The molecule has 1 saturated carbocycles. The predicted octanol–water partition coefficient (Wildman–Crippen LogP) is 1.01. The van der Waals surface area contributed by atoms with Gasteiger partial charge < -0.3 is 10.8 Å². The van der Waals surface area contributed by atoms with Crippen LogP contribution in [0.1, 0.15) is 32.6 Å². The minimum absolute atomic E-state index is 0.145. The van der Waals surface area contributed by atoms with Crippen molar-refractivity contribution >= 4 is 28.4 Å². The van der Waals surface area contributed by atoms with Crippen LogP contribution in [0.2, 0.25) is 0 Å². The summed E-state index contributed by atoms with van der Waals surface area (Å²) < 4.78 is 0.270. The van der Waals surface area contributed by atoms with E-state index in [0.717, 1.165) is 19.3 Å². The van der Waals surface area contributed by atoms with Crippen LogP contribution in [0.25, 0.3) is 0 Å². The zero-order valence-corrected chi connectivity index (χ0v) is 9.95. The van der Waals surface area contributed by atoms with E-state index >= 15 is 0 Å². The molecule has 0 radical (unpaired) electrons.